The van der Waals surface area contributed by atoms with Gasteiger partial charge in [-0.15, -0.1) is 0 Å². The number of ether oxygens (including phenoxy) is 2. The molecule has 0 aliphatic carbocycles. The van der Waals surface area contributed by atoms with E-state index in [4.69, 9.17) is 14.7 Å². The number of urea groups is 1. The molecule has 0 aromatic heterocycles. The van der Waals surface area contributed by atoms with Gasteiger partial charge < -0.3 is 20.1 Å². The van der Waals surface area contributed by atoms with Gasteiger partial charge in [-0.2, -0.15) is 0 Å². The Bertz CT molecular complexity index is 988. The van der Waals surface area contributed by atoms with Crippen LogP contribution in [0.15, 0.2) is 72.8 Å². The molecule has 148 valence electrons. The number of benzene rings is 3. The third-order valence-corrected chi connectivity index (χ3v) is 3.89. The monoisotopic (exact) mass is 393 g/mol. The van der Waals surface area contributed by atoms with Crippen molar-refractivity contribution in [3.8, 4) is 17.2 Å². The van der Waals surface area contributed by atoms with Crippen molar-refractivity contribution in [3.05, 3.63) is 78.4 Å². The van der Waals surface area contributed by atoms with E-state index in [0.717, 1.165) is 0 Å². The van der Waals surface area contributed by atoms with E-state index in [0.29, 0.717) is 28.6 Å². The van der Waals surface area contributed by atoms with Crippen LogP contribution in [0.3, 0.4) is 0 Å². The highest BCUT2D eigenvalue weighted by Gasteiger charge is 2.07. The maximum Gasteiger partial charge on any atom is 0.323 e. The minimum absolute atomic E-state index is 0.262. The number of hydroxylamine groups is 1. The van der Waals surface area contributed by atoms with Crippen LogP contribution in [-0.4, -0.2) is 24.3 Å². The first kappa shape index (κ1) is 19.7. The predicted octanol–water partition coefficient (Wildman–Crippen LogP) is 4.25. The summed E-state index contributed by atoms with van der Waals surface area (Å²) in [5.41, 5.74) is 3.05. The fourth-order valence-electron chi connectivity index (χ4n) is 2.48. The van der Waals surface area contributed by atoms with Crippen LogP contribution in [0.25, 0.3) is 0 Å². The van der Waals surface area contributed by atoms with Gasteiger partial charge in [-0.25, -0.2) is 10.3 Å². The molecule has 0 atom stereocenters. The van der Waals surface area contributed by atoms with Crippen LogP contribution >= 0.6 is 0 Å². The minimum atomic E-state index is -0.627. The van der Waals surface area contributed by atoms with Crippen LogP contribution in [0.4, 0.5) is 16.2 Å². The Balaban J connectivity index is 1.58. The number of hydrogen-bond donors (Lipinski definition) is 4. The van der Waals surface area contributed by atoms with Gasteiger partial charge in [0.25, 0.3) is 5.91 Å². The van der Waals surface area contributed by atoms with E-state index in [1.165, 1.54) is 6.07 Å². The second-order valence-corrected chi connectivity index (χ2v) is 5.90. The standard InChI is InChI=1S/C21H19N3O5/c1-28-17-9-5-15(6-10-17)22-21(26)23-16-7-11-18(12-8-16)29-19-4-2-3-14(13-19)20(25)24-27/h2-13,27H,1H3,(H,24,25)(H2,22,23,26). The van der Waals surface area contributed by atoms with Gasteiger partial charge in [-0.05, 0) is 66.7 Å². The third-order valence-electron chi connectivity index (χ3n) is 3.89. The molecule has 0 unspecified atom stereocenters. The summed E-state index contributed by atoms with van der Waals surface area (Å²) in [6.07, 6.45) is 0. The van der Waals surface area contributed by atoms with Crippen molar-refractivity contribution >= 4 is 23.3 Å². The van der Waals surface area contributed by atoms with E-state index in [-0.39, 0.29) is 11.6 Å². The van der Waals surface area contributed by atoms with Crippen LogP contribution in [-0.2, 0) is 0 Å². The van der Waals surface area contributed by atoms with E-state index in [2.05, 4.69) is 10.6 Å². The molecule has 3 aromatic rings. The topological polar surface area (TPSA) is 109 Å². The molecule has 0 radical (unpaired) electrons. The van der Waals surface area contributed by atoms with E-state index >= 15 is 0 Å². The summed E-state index contributed by atoms with van der Waals surface area (Å²) >= 11 is 0. The molecule has 3 rings (SSSR count). The van der Waals surface area contributed by atoms with Crippen molar-refractivity contribution in [1.82, 2.24) is 5.48 Å². The largest absolute Gasteiger partial charge is 0.497 e. The van der Waals surface area contributed by atoms with Crippen LogP contribution in [0.1, 0.15) is 10.4 Å². The number of anilines is 2. The molecule has 0 bridgehead atoms. The Morgan fingerprint density at radius 2 is 1.38 bits per heavy atom. The van der Waals surface area contributed by atoms with Crippen LogP contribution in [0.2, 0.25) is 0 Å². The molecule has 0 heterocycles. The quantitative estimate of drug-likeness (QED) is 0.370. The summed E-state index contributed by atoms with van der Waals surface area (Å²) < 4.78 is 10.8. The zero-order chi connectivity index (χ0) is 20.6. The fourth-order valence-corrected chi connectivity index (χ4v) is 2.48. The Morgan fingerprint density at radius 3 is 1.93 bits per heavy atom. The van der Waals surface area contributed by atoms with Crippen molar-refractivity contribution in [1.29, 1.82) is 0 Å². The molecule has 29 heavy (non-hydrogen) atoms. The van der Waals surface area contributed by atoms with Crippen LogP contribution in [0.5, 0.6) is 17.2 Å². The van der Waals surface area contributed by atoms with Gasteiger partial charge >= 0.3 is 6.03 Å². The maximum absolute atomic E-state index is 12.1. The highest BCUT2D eigenvalue weighted by molar-refractivity contribution is 5.99. The van der Waals surface area contributed by atoms with Gasteiger partial charge in [-0.1, -0.05) is 6.07 Å². The number of methoxy groups -OCH3 is 1. The average Bonchev–Trinajstić information content (AvgIpc) is 2.75. The fraction of sp³-hybridized carbons (Fsp3) is 0.0476. The zero-order valence-corrected chi connectivity index (χ0v) is 15.5. The SMILES string of the molecule is COc1ccc(NC(=O)Nc2ccc(Oc3cccc(C(=O)NO)c3)cc2)cc1. The van der Waals surface area contributed by atoms with Crippen molar-refractivity contribution < 1.29 is 24.3 Å². The lowest BCUT2D eigenvalue weighted by Gasteiger charge is -2.10. The number of rotatable bonds is 6. The molecule has 0 fully saturated rings. The first-order valence-electron chi connectivity index (χ1n) is 8.62. The van der Waals surface area contributed by atoms with Crippen molar-refractivity contribution in [2.24, 2.45) is 0 Å². The van der Waals surface area contributed by atoms with Gasteiger partial charge in [0.05, 0.1) is 7.11 Å². The number of amides is 3. The molecule has 0 aliphatic heterocycles. The highest BCUT2D eigenvalue weighted by Crippen LogP contribution is 2.24. The molecule has 3 amide bonds. The Hall–Kier alpha value is -4.04. The molecular formula is C21H19N3O5. The molecular weight excluding hydrogens is 374 g/mol. The third kappa shape index (κ3) is 5.47. The van der Waals surface area contributed by atoms with Gasteiger partial charge in [-0.3, -0.25) is 10.0 Å². The number of carbonyl (C=O) groups excluding carboxylic acids is 2. The Morgan fingerprint density at radius 1 is 0.793 bits per heavy atom. The Kier molecular flexibility index (Phi) is 6.29. The van der Waals surface area contributed by atoms with Crippen LogP contribution < -0.4 is 25.6 Å². The molecule has 0 saturated heterocycles. The number of nitrogens with one attached hydrogen (secondary N) is 3. The van der Waals surface area contributed by atoms with Gasteiger partial charge in [0.15, 0.2) is 0 Å². The van der Waals surface area contributed by atoms with Crippen molar-refractivity contribution in [2.75, 3.05) is 17.7 Å². The van der Waals surface area contributed by atoms with Gasteiger partial charge in [0.2, 0.25) is 0 Å². The maximum atomic E-state index is 12.1. The molecule has 3 aromatic carbocycles. The van der Waals surface area contributed by atoms with Crippen molar-refractivity contribution in [2.45, 2.75) is 0 Å². The second kappa shape index (κ2) is 9.25. The zero-order valence-electron chi connectivity index (χ0n) is 15.5. The molecule has 0 aliphatic rings. The molecule has 0 saturated carbocycles. The first-order valence-corrected chi connectivity index (χ1v) is 8.62. The molecule has 8 nitrogen and oxygen atoms in total. The van der Waals surface area contributed by atoms with E-state index in [1.54, 1.807) is 79.3 Å². The Labute approximate surface area is 167 Å². The second-order valence-electron chi connectivity index (χ2n) is 5.90. The number of carbonyl (C=O) groups is 2. The summed E-state index contributed by atoms with van der Waals surface area (Å²) in [7, 11) is 1.57. The lowest BCUT2D eigenvalue weighted by molar-refractivity contribution is 0.0706. The lowest BCUT2D eigenvalue weighted by Crippen LogP contribution is -2.19. The summed E-state index contributed by atoms with van der Waals surface area (Å²) in [6, 6.07) is 19.7. The molecule has 8 heteroatoms. The van der Waals surface area contributed by atoms with Gasteiger partial charge in [0, 0.05) is 16.9 Å². The smallest absolute Gasteiger partial charge is 0.323 e. The van der Waals surface area contributed by atoms with E-state index in [9.17, 15) is 9.59 Å². The van der Waals surface area contributed by atoms with Crippen LogP contribution in [0, 0.1) is 0 Å². The summed E-state index contributed by atoms with van der Waals surface area (Å²) in [6.45, 7) is 0. The highest BCUT2D eigenvalue weighted by atomic mass is 16.5. The van der Waals surface area contributed by atoms with E-state index < -0.39 is 5.91 Å². The minimum Gasteiger partial charge on any atom is -0.497 e. The lowest BCUT2D eigenvalue weighted by atomic mass is 10.2. The normalized spacial score (nSPS) is 10.0. The molecule has 0 spiro atoms. The summed E-state index contributed by atoms with van der Waals surface area (Å²) in [5, 5.41) is 14.1. The van der Waals surface area contributed by atoms with Gasteiger partial charge in [0.1, 0.15) is 17.2 Å². The average molecular weight is 393 g/mol. The van der Waals surface area contributed by atoms with Crippen molar-refractivity contribution in [3.63, 3.8) is 0 Å². The number of hydrogen-bond acceptors (Lipinski definition) is 5. The molecule has 4 N–H and O–H groups in total. The van der Waals surface area contributed by atoms with E-state index in [1.807, 2.05) is 0 Å². The summed E-state index contributed by atoms with van der Waals surface area (Å²) in [4.78, 5) is 23.6. The first-order chi connectivity index (χ1) is 14.1. The predicted molar refractivity (Wildman–Crippen MR) is 108 cm³/mol. The summed E-state index contributed by atoms with van der Waals surface area (Å²) in [5.74, 6) is 1.03.